The van der Waals surface area contributed by atoms with Gasteiger partial charge < -0.3 is 9.84 Å². The van der Waals surface area contributed by atoms with Crippen LogP contribution in [0.1, 0.15) is 11.1 Å². The Morgan fingerprint density at radius 3 is 2.75 bits per heavy atom. The van der Waals surface area contributed by atoms with E-state index in [9.17, 15) is 10.1 Å². The number of hydrogen-bond acceptors (Lipinski definition) is 5. The van der Waals surface area contributed by atoms with E-state index < -0.39 is 4.92 Å². The molecule has 1 aromatic carbocycles. The molecule has 20 heavy (non-hydrogen) atoms. The van der Waals surface area contributed by atoms with Crippen LogP contribution in [0.3, 0.4) is 0 Å². The van der Waals surface area contributed by atoms with Gasteiger partial charge in [0.25, 0.3) is 0 Å². The van der Waals surface area contributed by atoms with Crippen LogP contribution in [-0.4, -0.2) is 15.0 Å². The van der Waals surface area contributed by atoms with E-state index in [0.717, 1.165) is 10.0 Å². The quantitative estimate of drug-likeness (QED) is 0.669. The Labute approximate surface area is 123 Å². The summed E-state index contributed by atoms with van der Waals surface area (Å²) in [6, 6.07) is 6.19. The highest BCUT2D eigenvalue weighted by Gasteiger charge is 2.16. The molecule has 0 fully saturated rings. The summed E-state index contributed by atoms with van der Waals surface area (Å²) in [5.74, 6) is 0.159. The van der Waals surface area contributed by atoms with Crippen LogP contribution >= 0.6 is 15.9 Å². The molecule has 104 valence electrons. The molecule has 1 N–H and O–H groups in total. The number of ether oxygens (including phenoxy) is 1. The van der Waals surface area contributed by atoms with Crippen molar-refractivity contribution in [2.45, 2.75) is 13.2 Å². The van der Waals surface area contributed by atoms with E-state index in [1.165, 1.54) is 12.1 Å². The van der Waals surface area contributed by atoms with Crippen LogP contribution < -0.4 is 4.74 Å². The van der Waals surface area contributed by atoms with Crippen LogP contribution in [0.4, 0.5) is 5.69 Å². The summed E-state index contributed by atoms with van der Waals surface area (Å²) in [6.07, 6.45) is 3.26. The van der Waals surface area contributed by atoms with Crippen LogP contribution in [0.5, 0.6) is 5.75 Å². The fourth-order valence-electron chi connectivity index (χ4n) is 1.62. The van der Waals surface area contributed by atoms with Gasteiger partial charge in [0.15, 0.2) is 5.75 Å². The third-order valence-electron chi connectivity index (χ3n) is 2.56. The van der Waals surface area contributed by atoms with Gasteiger partial charge in [0, 0.05) is 28.5 Å². The maximum Gasteiger partial charge on any atom is 0.311 e. The summed E-state index contributed by atoms with van der Waals surface area (Å²) in [4.78, 5) is 14.4. The third kappa shape index (κ3) is 3.52. The van der Waals surface area contributed by atoms with Gasteiger partial charge in [0.2, 0.25) is 0 Å². The Hall–Kier alpha value is -1.99. The van der Waals surface area contributed by atoms with Crippen molar-refractivity contribution < 1.29 is 14.8 Å². The van der Waals surface area contributed by atoms with Crippen LogP contribution in [0.15, 0.2) is 41.1 Å². The number of hydrogen-bond donors (Lipinski definition) is 1. The number of nitro benzene ring substituents is 1. The Balaban J connectivity index is 2.18. The minimum atomic E-state index is -0.534. The predicted octanol–water partition coefficient (Wildman–Crippen LogP) is 2.82. The van der Waals surface area contributed by atoms with E-state index in [0.29, 0.717) is 5.56 Å². The molecule has 2 rings (SSSR count). The second kappa shape index (κ2) is 6.44. The topological polar surface area (TPSA) is 85.5 Å². The van der Waals surface area contributed by atoms with Crippen molar-refractivity contribution in [2.24, 2.45) is 0 Å². The molecule has 7 heteroatoms. The molecule has 1 heterocycles. The Bertz CT molecular complexity index is 634. The lowest BCUT2D eigenvalue weighted by molar-refractivity contribution is -0.386. The number of pyridine rings is 1. The first-order chi connectivity index (χ1) is 9.60. The first-order valence-corrected chi connectivity index (χ1v) is 6.50. The average Bonchev–Trinajstić information content (AvgIpc) is 2.45. The van der Waals surface area contributed by atoms with Crippen molar-refractivity contribution in [3.05, 3.63) is 62.4 Å². The second-order valence-corrected chi connectivity index (χ2v) is 4.93. The van der Waals surface area contributed by atoms with E-state index in [4.69, 9.17) is 9.84 Å². The van der Waals surface area contributed by atoms with Gasteiger partial charge in [-0.15, -0.1) is 0 Å². The van der Waals surface area contributed by atoms with E-state index in [2.05, 4.69) is 20.9 Å². The SMILES string of the molecule is O=[N+]([O-])c1cc(CO)ccc1OCc1cncc(Br)c1. The third-order valence-corrected chi connectivity index (χ3v) is 2.99. The maximum atomic E-state index is 11.0. The highest BCUT2D eigenvalue weighted by Crippen LogP contribution is 2.28. The summed E-state index contributed by atoms with van der Waals surface area (Å²) >= 11 is 3.29. The Kier molecular flexibility index (Phi) is 4.65. The standard InChI is InChI=1S/C13H11BrN2O4/c14-11-3-10(5-15-6-11)8-20-13-2-1-9(7-17)4-12(13)16(18)19/h1-6,17H,7-8H2. The highest BCUT2D eigenvalue weighted by molar-refractivity contribution is 9.10. The zero-order chi connectivity index (χ0) is 14.5. The molecule has 0 spiro atoms. The number of nitro groups is 1. The number of nitrogens with zero attached hydrogens (tertiary/aromatic N) is 2. The number of aliphatic hydroxyl groups is 1. The summed E-state index contributed by atoms with van der Waals surface area (Å²) < 4.78 is 6.26. The van der Waals surface area contributed by atoms with Crippen molar-refractivity contribution in [1.29, 1.82) is 0 Å². The molecule has 0 unspecified atom stereocenters. The highest BCUT2D eigenvalue weighted by atomic mass is 79.9. The molecule has 0 aliphatic heterocycles. The van der Waals surface area contributed by atoms with Gasteiger partial charge >= 0.3 is 5.69 Å². The maximum absolute atomic E-state index is 11.0. The van der Waals surface area contributed by atoms with Gasteiger partial charge in [-0.1, -0.05) is 6.07 Å². The fraction of sp³-hybridized carbons (Fsp3) is 0.154. The van der Waals surface area contributed by atoms with Crippen molar-refractivity contribution in [3.63, 3.8) is 0 Å². The van der Waals surface area contributed by atoms with Crippen molar-refractivity contribution >= 4 is 21.6 Å². The number of aromatic nitrogens is 1. The zero-order valence-corrected chi connectivity index (χ0v) is 11.9. The van der Waals surface area contributed by atoms with Gasteiger partial charge in [0.1, 0.15) is 6.61 Å². The Morgan fingerprint density at radius 1 is 1.30 bits per heavy atom. The predicted molar refractivity (Wildman–Crippen MR) is 75.3 cm³/mol. The molecule has 2 aromatic rings. The fourth-order valence-corrected chi connectivity index (χ4v) is 2.03. The molecule has 0 atom stereocenters. The first-order valence-electron chi connectivity index (χ1n) is 5.70. The largest absolute Gasteiger partial charge is 0.482 e. The van der Waals surface area contributed by atoms with Crippen molar-refractivity contribution in [3.8, 4) is 5.75 Å². The van der Waals surface area contributed by atoms with Crippen molar-refractivity contribution in [1.82, 2.24) is 4.98 Å². The number of aliphatic hydroxyl groups excluding tert-OH is 1. The molecule has 0 radical (unpaired) electrons. The number of halogens is 1. The van der Waals surface area contributed by atoms with Gasteiger partial charge in [-0.3, -0.25) is 15.1 Å². The molecule has 0 aliphatic rings. The van der Waals surface area contributed by atoms with Gasteiger partial charge in [0.05, 0.1) is 11.5 Å². The molecule has 0 saturated heterocycles. The van der Waals surface area contributed by atoms with Crippen molar-refractivity contribution in [2.75, 3.05) is 0 Å². The first kappa shape index (κ1) is 14.4. The molecular weight excluding hydrogens is 328 g/mol. The lowest BCUT2D eigenvalue weighted by Crippen LogP contribution is -2.00. The smallest absolute Gasteiger partial charge is 0.311 e. The molecule has 0 amide bonds. The minimum absolute atomic E-state index is 0.159. The van der Waals surface area contributed by atoms with Gasteiger partial charge in [-0.25, -0.2) is 0 Å². The van der Waals surface area contributed by atoms with Crippen LogP contribution in [-0.2, 0) is 13.2 Å². The molecular formula is C13H11BrN2O4. The molecule has 6 nitrogen and oxygen atoms in total. The number of benzene rings is 1. The molecule has 1 aromatic heterocycles. The molecule has 0 bridgehead atoms. The summed E-state index contributed by atoms with van der Waals surface area (Å²) in [6.45, 7) is -0.0809. The molecule has 0 aliphatic carbocycles. The zero-order valence-electron chi connectivity index (χ0n) is 10.3. The van der Waals surface area contributed by atoms with E-state index in [1.54, 1.807) is 18.5 Å². The summed E-state index contributed by atoms with van der Waals surface area (Å²) in [5.41, 5.74) is 1.09. The monoisotopic (exact) mass is 338 g/mol. The van der Waals surface area contributed by atoms with E-state index in [1.807, 2.05) is 6.07 Å². The van der Waals surface area contributed by atoms with Crippen LogP contribution in [0, 0.1) is 10.1 Å². The van der Waals surface area contributed by atoms with Gasteiger partial charge in [-0.05, 0) is 33.6 Å². The lowest BCUT2D eigenvalue weighted by atomic mass is 10.2. The Morgan fingerprint density at radius 2 is 2.10 bits per heavy atom. The van der Waals surface area contributed by atoms with E-state index in [-0.39, 0.29) is 24.7 Å². The molecule has 0 saturated carbocycles. The van der Waals surface area contributed by atoms with Crippen LogP contribution in [0.25, 0.3) is 0 Å². The van der Waals surface area contributed by atoms with Gasteiger partial charge in [-0.2, -0.15) is 0 Å². The normalized spacial score (nSPS) is 10.3. The van der Waals surface area contributed by atoms with Crippen LogP contribution in [0.2, 0.25) is 0 Å². The summed E-state index contributed by atoms with van der Waals surface area (Å²) in [5, 5.41) is 20.0. The lowest BCUT2D eigenvalue weighted by Gasteiger charge is -2.07. The average molecular weight is 339 g/mol. The number of rotatable bonds is 5. The minimum Gasteiger partial charge on any atom is -0.482 e. The summed E-state index contributed by atoms with van der Waals surface area (Å²) in [7, 11) is 0. The second-order valence-electron chi connectivity index (χ2n) is 4.02. The van der Waals surface area contributed by atoms with E-state index >= 15 is 0 Å².